The lowest BCUT2D eigenvalue weighted by molar-refractivity contribution is -0.124. The number of carbonyl (C=O) groups excluding carboxylic acids is 1. The average molecular weight is 1050 g/mol. The van der Waals surface area contributed by atoms with Crippen molar-refractivity contribution in [3.63, 3.8) is 0 Å². The van der Waals surface area contributed by atoms with E-state index in [0.717, 1.165) is 86.6 Å². The third-order valence-corrected chi connectivity index (χ3v) is 19.5. The molecule has 6 nitrogen and oxygen atoms in total. The van der Waals surface area contributed by atoms with Crippen LogP contribution in [0.4, 0.5) is 17.1 Å². The van der Waals surface area contributed by atoms with E-state index in [-0.39, 0.29) is 16.6 Å². The molecule has 3 aliphatic rings. The first-order chi connectivity index (χ1) is 36.5. The lowest BCUT2D eigenvalue weighted by Crippen LogP contribution is -2.18. The van der Waals surface area contributed by atoms with E-state index in [1.54, 1.807) is 28.7 Å². The van der Waals surface area contributed by atoms with Crippen LogP contribution in [0.1, 0.15) is 131 Å². The molecule has 8 aromatic rings. The molecule has 9 heteroatoms. The Hall–Kier alpha value is -6.70. The van der Waals surface area contributed by atoms with Crippen LogP contribution in [-0.4, -0.2) is 19.7 Å². The van der Waals surface area contributed by atoms with Crippen LogP contribution >= 0.6 is 34.0 Å². The first-order valence-electron chi connectivity index (χ1n) is 26.8. The van der Waals surface area contributed by atoms with Crippen LogP contribution in [0, 0.1) is 11.3 Å². The summed E-state index contributed by atoms with van der Waals surface area (Å²) in [6.45, 7) is 15.2. The third-order valence-electron chi connectivity index (χ3n) is 15.7. The smallest absolute Gasteiger partial charge is 0.299 e. The molecule has 75 heavy (non-hydrogen) atoms. The molecule has 11 rings (SSSR count). The quantitative estimate of drug-likeness (QED) is 0.0348. The highest BCUT2D eigenvalue weighted by atomic mass is 32.1. The third kappa shape index (κ3) is 9.34. The molecule has 0 saturated carbocycles. The zero-order chi connectivity index (χ0) is 51.8. The molecule has 5 aromatic carbocycles. The van der Waals surface area contributed by atoms with Gasteiger partial charge >= 0.3 is 0 Å². The Labute approximate surface area is 454 Å². The second-order valence-electron chi connectivity index (χ2n) is 21.2. The second-order valence-corrected chi connectivity index (χ2v) is 24.4. The average Bonchev–Trinajstić information content (AvgIpc) is 4.24. The van der Waals surface area contributed by atoms with Gasteiger partial charge in [0.15, 0.2) is 11.5 Å². The number of unbranched alkanes of at least 4 members (excludes halogenated alkanes) is 6. The Morgan fingerprint density at radius 2 is 1.12 bits per heavy atom. The van der Waals surface area contributed by atoms with Crippen LogP contribution in [0.15, 0.2) is 127 Å². The van der Waals surface area contributed by atoms with Gasteiger partial charge in [-0.3, -0.25) is 4.79 Å². The molecule has 0 atom stereocenters. The molecule has 0 spiro atoms. The van der Waals surface area contributed by atoms with Crippen molar-refractivity contribution in [1.82, 2.24) is 0 Å². The van der Waals surface area contributed by atoms with Gasteiger partial charge in [0.25, 0.3) is 6.47 Å². The molecule has 1 aliphatic heterocycles. The molecule has 0 unspecified atom stereocenters. The number of hydrogen-bond acceptors (Lipinski definition) is 9. The van der Waals surface area contributed by atoms with Crippen molar-refractivity contribution < 1.29 is 19.0 Å². The van der Waals surface area contributed by atoms with Gasteiger partial charge in [-0.05, 0) is 135 Å². The second kappa shape index (κ2) is 21.1. The molecule has 3 aromatic heterocycles. The summed E-state index contributed by atoms with van der Waals surface area (Å²) in [5.41, 5.74) is 17.6. The molecule has 0 saturated heterocycles. The van der Waals surface area contributed by atoms with Gasteiger partial charge in [-0.25, -0.2) is 0 Å². The summed E-state index contributed by atoms with van der Waals surface area (Å²) in [6, 6.07) is 47.8. The van der Waals surface area contributed by atoms with Gasteiger partial charge in [-0.1, -0.05) is 153 Å². The van der Waals surface area contributed by atoms with Gasteiger partial charge in [-0.2, -0.15) is 5.26 Å². The summed E-state index contributed by atoms with van der Waals surface area (Å²) in [4.78, 5) is 20.3. The number of nitrogens with zero attached hydrogens (tertiary/aromatic N) is 2. The fourth-order valence-electron chi connectivity index (χ4n) is 11.8. The molecule has 2 aliphatic carbocycles. The summed E-state index contributed by atoms with van der Waals surface area (Å²) < 4.78 is 18.1. The number of ether oxygens (including phenoxy) is 3. The van der Waals surface area contributed by atoms with Gasteiger partial charge < -0.3 is 19.1 Å². The molecule has 0 fully saturated rings. The highest BCUT2D eigenvalue weighted by Gasteiger charge is 2.38. The van der Waals surface area contributed by atoms with Gasteiger partial charge in [0.2, 0.25) is 5.76 Å². The van der Waals surface area contributed by atoms with E-state index in [4.69, 9.17) is 14.2 Å². The van der Waals surface area contributed by atoms with Gasteiger partial charge in [-0.15, -0.1) is 34.0 Å². The molecular formula is C66H64N2O4S3. The predicted octanol–water partition coefficient (Wildman–Crippen LogP) is 19.0. The van der Waals surface area contributed by atoms with Crippen molar-refractivity contribution >= 4 is 63.6 Å². The SMILES string of the molecule is CCCCCCc1cc(-c2sc(-c3sc(C=C(C#N)OC=O)cc3CCCCCC)c3c2OCCO3)sc1-c1ccc(N(c2ccc3c(c2)C(C)(C)c2ccccc2-3)c2ccc3c(c2)C(C)(C)c2ccccc2-3)cc1. The Balaban J connectivity index is 1.00. The number of thiophene rings is 3. The molecule has 0 amide bonds. The highest BCUT2D eigenvalue weighted by molar-refractivity contribution is 7.28. The number of hydrogen-bond donors (Lipinski definition) is 0. The maximum atomic E-state index is 11.2. The molecule has 0 radical (unpaired) electrons. The first-order valence-corrected chi connectivity index (χ1v) is 29.3. The fraction of sp³-hybridized carbons (Fsp3) is 0.303. The topological polar surface area (TPSA) is 71.8 Å². The van der Waals surface area contributed by atoms with Crippen LogP contribution in [0.25, 0.3) is 58.3 Å². The van der Waals surface area contributed by atoms with E-state index in [0.29, 0.717) is 19.7 Å². The summed E-state index contributed by atoms with van der Waals surface area (Å²) in [5.74, 6) is 1.57. The van der Waals surface area contributed by atoms with Crippen molar-refractivity contribution in [2.24, 2.45) is 0 Å². The van der Waals surface area contributed by atoms with Crippen molar-refractivity contribution in [2.45, 2.75) is 117 Å². The number of carbonyl (C=O) groups is 1. The number of aryl methyl sites for hydroxylation is 2. The molecule has 0 bridgehead atoms. The van der Waals surface area contributed by atoms with Crippen LogP contribution < -0.4 is 14.4 Å². The van der Waals surface area contributed by atoms with E-state index in [9.17, 15) is 10.1 Å². The van der Waals surface area contributed by atoms with Crippen molar-refractivity contribution in [3.8, 4) is 69.8 Å². The van der Waals surface area contributed by atoms with Crippen molar-refractivity contribution in [3.05, 3.63) is 165 Å². The summed E-state index contributed by atoms with van der Waals surface area (Å²) in [6.07, 6.45) is 12.8. The predicted molar refractivity (Wildman–Crippen MR) is 314 cm³/mol. The molecule has 0 N–H and O–H groups in total. The van der Waals surface area contributed by atoms with E-state index in [2.05, 4.69) is 168 Å². The number of rotatable bonds is 19. The normalized spacial score (nSPS) is 14.4. The van der Waals surface area contributed by atoms with Gasteiger partial charge in [0.1, 0.15) is 19.3 Å². The summed E-state index contributed by atoms with van der Waals surface area (Å²) in [7, 11) is 0. The zero-order valence-electron chi connectivity index (χ0n) is 43.9. The maximum absolute atomic E-state index is 11.2. The number of allylic oxidation sites excluding steroid dienone is 1. The zero-order valence-corrected chi connectivity index (χ0v) is 46.4. The summed E-state index contributed by atoms with van der Waals surface area (Å²) in [5, 5.41) is 9.73. The first kappa shape index (κ1) is 50.5. The van der Waals surface area contributed by atoms with Crippen molar-refractivity contribution in [2.75, 3.05) is 18.1 Å². The molecule has 380 valence electrons. The lowest BCUT2D eigenvalue weighted by atomic mass is 9.82. The Bertz CT molecular complexity index is 3400. The Kier molecular flexibility index (Phi) is 14.2. The lowest BCUT2D eigenvalue weighted by Gasteiger charge is -2.30. The van der Waals surface area contributed by atoms with E-state index in [1.807, 2.05) is 17.4 Å². The Morgan fingerprint density at radius 3 is 1.68 bits per heavy atom. The minimum absolute atomic E-state index is 0.0284. The number of anilines is 3. The van der Waals surface area contributed by atoms with Gasteiger partial charge in [0.05, 0.1) is 14.6 Å². The van der Waals surface area contributed by atoms with Crippen LogP contribution in [0.3, 0.4) is 0 Å². The van der Waals surface area contributed by atoms with Crippen LogP contribution in [0.5, 0.6) is 11.5 Å². The standard InChI is InChI=1S/C66H64N2O4S3/c1-7-9-11-13-19-43-35-49(39-48(40-67)72-41-69)73-62(43)64-60-59(70-33-34-71-60)63(75-64)58-36-44(20-14-12-10-8-2)61(74-58)42-25-27-45(28-26-42)68(46-29-31-52-50-21-15-17-23-54(50)65(3,4)56(52)37-46)47-30-32-53-51-22-16-18-24-55(51)66(5,6)57(53)38-47/h15-18,21-32,35-39,41H,7-14,19-20,33-34H2,1-6H3. The minimum Gasteiger partial charge on any atom is -0.485 e. The molecular weight excluding hydrogens is 981 g/mol. The number of benzene rings is 5. The Morgan fingerprint density at radius 1 is 0.587 bits per heavy atom. The monoisotopic (exact) mass is 1040 g/mol. The summed E-state index contributed by atoms with van der Waals surface area (Å²) >= 11 is 5.19. The number of nitriles is 1. The molecule has 4 heterocycles. The largest absolute Gasteiger partial charge is 0.485 e. The fourth-order valence-corrected chi connectivity index (χ4v) is 15.6. The highest BCUT2D eigenvalue weighted by Crippen LogP contribution is 2.58. The van der Waals surface area contributed by atoms with Crippen molar-refractivity contribution in [1.29, 1.82) is 5.26 Å². The van der Waals surface area contributed by atoms with E-state index < -0.39 is 0 Å². The van der Waals surface area contributed by atoms with E-state index in [1.165, 1.54) is 96.6 Å². The van der Waals surface area contributed by atoms with E-state index >= 15 is 0 Å². The van der Waals surface area contributed by atoms with Crippen LogP contribution in [-0.2, 0) is 33.2 Å². The number of fused-ring (bicyclic) bond motifs is 7. The maximum Gasteiger partial charge on any atom is 0.299 e. The minimum atomic E-state index is -0.140. The van der Waals surface area contributed by atoms with Gasteiger partial charge in [0, 0.05) is 48.6 Å². The van der Waals surface area contributed by atoms with Crippen LogP contribution in [0.2, 0.25) is 0 Å².